The minimum Gasteiger partial charge on any atom is -0.0648 e. The van der Waals surface area contributed by atoms with Crippen molar-refractivity contribution in [3.8, 4) is 0 Å². The molecule has 0 unspecified atom stereocenters. The number of rotatable bonds is 2. The molecule has 0 heteroatoms. The predicted molar refractivity (Wildman–Crippen MR) is 53.2 cm³/mol. The molecule has 0 bridgehead atoms. The smallest absolute Gasteiger partial charge is 0.0272 e. The predicted octanol–water partition coefficient (Wildman–Crippen LogP) is 4.15. The molecule has 0 heterocycles. The van der Waals surface area contributed by atoms with Gasteiger partial charge < -0.3 is 0 Å². The molecule has 0 spiro atoms. The third-order valence-corrected chi connectivity index (χ3v) is 4.52. The molecule has 2 fully saturated rings. The standard InChI is InChI=1S/C12H22/c1-2-12(9-6-10-12)11-7-4-3-5-8-11/h11H,2-10H2,1H3. The highest BCUT2D eigenvalue weighted by molar-refractivity contribution is 4.93. The highest BCUT2D eigenvalue weighted by atomic mass is 14.5. The summed E-state index contributed by atoms with van der Waals surface area (Å²) in [6.45, 7) is 2.41. The first-order valence-corrected chi connectivity index (χ1v) is 5.87. The first-order valence-electron chi connectivity index (χ1n) is 5.87. The summed E-state index contributed by atoms with van der Waals surface area (Å²) in [6.07, 6.45) is 13.7. The molecule has 2 saturated carbocycles. The maximum absolute atomic E-state index is 2.41. The lowest BCUT2D eigenvalue weighted by Gasteiger charge is -2.49. The van der Waals surface area contributed by atoms with Gasteiger partial charge >= 0.3 is 0 Å². The quantitative estimate of drug-likeness (QED) is 0.578. The molecule has 2 aliphatic carbocycles. The van der Waals surface area contributed by atoms with Crippen molar-refractivity contribution >= 4 is 0 Å². The Morgan fingerprint density at radius 2 is 1.67 bits per heavy atom. The van der Waals surface area contributed by atoms with E-state index in [1.807, 2.05) is 0 Å². The number of hydrogen-bond acceptors (Lipinski definition) is 0. The van der Waals surface area contributed by atoms with Gasteiger partial charge in [0.1, 0.15) is 0 Å². The van der Waals surface area contributed by atoms with Crippen molar-refractivity contribution in [3.63, 3.8) is 0 Å². The van der Waals surface area contributed by atoms with Crippen LogP contribution in [0.4, 0.5) is 0 Å². The molecular weight excluding hydrogens is 144 g/mol. The molecule has 0 N–H and O–H groups in total. The van der Waals surface area contributed by atoms with Crippen LogP contribution in [0.15, 0.2) is 0 Å². The second-order valence-electron chi connectivity index (χ2n) is 4.90. The first-order chi connectivity index (χ1) is 5.87. The Hall–Kier alpha value is 0. The zero-order valence-electron chi connectivity index (χ0n) is 8.44. The fraction of sp³-hybridized carbons (Fsp3) is 1.00. The molecule has 0 aliphatic heterocycles. The van der Waals surface area contributed by atoms with Crippen LogP contribution in [-0.2, 0) is 0 Å². The van der Waals surface area contributed by atoms with E-state index in [-0.39, 0.29) is 0 Å². The van der Waals surface area contributed by atoms with Crippen molar-refractivity contribution in [1.82, 2.24) is 0 Å². The van der Waals surface area contributed by atoms with Gasteiger partial charge in [-0.2, -0.15) is 0 Å². The number of hydrogen-bond donors (Lipinski definition) is 0. The van der Waals surface area contributed by atoms with Gasteiger partial charge in [-0.25, -0.2) is 0 Å². The maximum Gasteiger partial charge on any atom is -0.0272 e. The summed E-state index contributed by atoms with van der Waals surface area (Å²) in [4.78, 5) is 0. The van der Waals surface area contributed by atoms with E-state index in [2.05, 4.69) is 6.92 Å². The molecule has 0 atom stereocenters. The zero-order valence-corrected chi connectivity index (χ0v) is 8.44. The molecule has 0 amide bonds. The third-order valence-electron chi connectivity index (χ3n) is 4.52. The molecule has 0 radical (unpaired) electrons. The van der Waals surface area contributed by atoms with Crippen LogP contribution in [0.2, 0.25) is 0 Å². The summed E-state index contributed by atoms with van der Waals surface area (Å²) in [5.74, 6) is 1.12. The molecule has 70 valence electrons. The summed E-state index contributed by atoms with van der Waals surface area (Å²) >= 11 is 0. The summed E-state index contributed by atoms with van der Waals surface area (Å²) in [5, 5.41) is 0. The van der Waals surface area contributed by atoms with E-state index in [4.69, 9.17) is 0 Å². The Morgan fingerprint density at radius 1 is 1.00 bits per heavy atom. The van der Waals surface area contributed by atoms with Gasteiger partial charge in [-0.15, -0.1) is 0 Å². The Balaban J connectivity index is 1.95. The van der Waals surface area contributed by atoms with Crippen LogP contribution in [0.5, 0.6) is 0 Å². The lowest BCUT2D eigenvalue weighted by molar-refractivity contribution is 0.0218. The van der Waals surface area contributed by atoms with Gasteiger partial charge in [-0.05, 0) is 37.0 Å². The van der Waals surface area contributed by atoms with Gasteiger partial charge in [0.2, 0.25) is 0 Å². The SMILES string of the molecule is CCC1(C2CCCCC2)CCC1. The molecule has 0 aromatic carbocycles. The van der Waals surface area contributed by atoms with Gasteiger partial charge in [0.05, 0.1) is 0 Å². The van der Waals surface area contributed by atoms with Crippen molar-refractivity contribution in [2.45, 2.75) is 64.7 Å². The summed E-state index contributed by atoms with van der Waals surface area (Å²) in [5.41, 5.74) is 0.834. The van der Waals surface area contributed by atoms with Gasteiger partial charge in [0, 0.05) is 0 Å². The second-order valence-corrected chi connectivity index (χ2v) is 4.90. The van der Waals surface area contributed by atoms with E-state index < -0.39 is 0 Å². The van der Waals surface area contributed by atoms with Crippen LogP contribution in [0, 0.1) is 11.3 Å². The molecule has 2 aliphatic rings. The van der Waals surface area contributed by atoms with Crippen LogP contribution >= 0.6 is 0 Å². The normalized spacial score (nSPS) is 29.8. The lowest BCUT2D eigenvalue weighted by atomic mass is 9.56. The van der Waals surface area contributed by atoms with Crippen molar-refractivity contribution in [1.29, 1.82) is 0 Å². The van der Waals surface area contributed by atoms with Gasteiger partial charge in [0.15, 0.2) is 0 Å². The first kappa shape index (κ1) is 8.59. The van der Waals surface area contributed by atoms with Crippen molar-refractivity contribution in [2.24, 2.45) is 11.3 Å². The largest absolute Gasteiger partial charge is 0.0648 e. The van der Waals surface area contributed by atoms with E-state index in [1.54, 1.807) is 25.7 Å². The van der Waals surface area contributed by atoms with Gasteiger partial charge in [0.25, 0.3) is 0 Å². The Labute approximate surface area is 76.7 Å². The Bertz CT molecular complexity index is 133. The maximum atomic E-state index is 2.41. The molecule has 2 rings (SSSR count). The lowest BCUT2D eigenvalue weighted by Crippen LogP contribution is -2.37. The highest BCUT2D eigenvalue weighted by Crippen LogP contribution is 2.54. The average molecular weight is 166 g/mol. The van der Waals surface area contributed by atoms with Gasteiger partial charge in [-0.3, -0.25) is 0 Å². The summed E-state index contributed by atoms with van der Waals surface area (Å²) in [6, 6.07) is 0. The molecule has 0 nitrogen and oxygen atoms in total. The summed E-state index contributed by atoms with van der Waals surface area (Å²) < 4.78 is 0. The zero-order chi connectivity index (χ0) is 8.44. The van der Waals surface area contributed by atoms with Crippen molar-refractivity contribution in [3.05, 3.63) is 0 Å². The van der Waals surface area contributed by atoms with Crippen LogP contribution in [-0.4, -0.2) is 0 Å². The van der Waals surface area contributed by atoms with E-state index in [0.717, 1.165) is 11.3 Å². The molecular formula is C12H22. The Morgan fingerprint density at radius 3 is 2.08 bits per heavy atom. The van der Waals surface area contributed by atoms with E-state index in [1.165, 1.54) is 32.1 Å². The fourth-order valence-corrected chi connectivity index (χ4v) is 3.40. The molecule has 0 saturated heterocycles. The van der Waals surface area contributed by atoms with Crippen LogP contribution in [0.1, 0.15) is 64.7 Å². The van der Waals surface area contributed by atoms with E-state index in [0.29, 0.717) is 0 Å². The second kappa shape index (κ2) is 3.40. The van der Waals surface area contributed by atoms with Crippen LogP contribution < -0.4 is 0 Å². The van der Waals surface area contributed by atoms with Crippen molar-refractivity contribution < 1.29 is 0 Å². The van der Waals surface area contributed by atoms with Gasteiger partial charge in [-0.1, -0.05) is 39.0 Å². The minimum atomic E-state index is 0.834. The van der Waals surface area contributed by atoms with Crippen molar-refractivity contribution in [2.75, 3.05) is 0 Å². The summed E-state index contributed by atoms with van der Waals surface area (Å²) in [7, 11) is 0. The molecule has 0 aromatic heterocycles. The topological polar surface area (TPSA) is 0 Å². The molecule has 0 aromatic rings. The minimum absolute atomic E-state index is 0.834. The fourth-order valence-electron chi connectivity index (χ4n) is 3.40. The average Bonchev–Trinajstić information content (AvgIpc) is 2.05. The van der Waals surface area contributed by atoms with E-state index in [9.17, 15) is 0 Å². The monoisotopic (exact) mass is 166 g/mol. The van der Waals surface area contributed by atoms with Crippen LogP contribution in [0.3, 0.4) is 0 Å². The Kier molecular flexibility index (Phi) is 2.43. The molecule has 12 heavy (non-hydrogen) atoms. The van der Waals surface area contributed by atoms with Crippen LogP contribution in [0.25, 0.3) is 0 Å². The highest BCUT2D eigenvalue weighted by Gasteiger charge is 2.42. The van der Waals surface area contributed by atoms with E-state index >= 15 is 0 Å². The third kappa shape index (κ3) is 1.30.